The summed E-state index contributed by atoms with van der Waals surface area (Å²) in [5.41, 5.74) is 1.23. The monoisotopic (exact) mass is 399 g/mol. The van der Waals surface area contributed by atoms with Crippen molar-refractivity contribution in [3.05, 3.63) is 51.6 Å². The zero-order valence-corrected chi connectivity index (χ0v) is 17.3. The maximum atomic E-state index is 12.7. The van der Waals surface area contributed by atoms with E-state index < -0.39 is 4.92 Å². The zero-order valence-electron chi connectivity index (χ0n) is 17.3. The fourth-order valence-electron chi connectivity index (χ4n) is 4.68. The number of hydrogen-bond acceptors (Lipinski definition) is 5. The quantitative estimate of drug-likeness (QED) is 0.399. The molecule has 0 aliphatic heterocycles. The molecule has 6 nitrogen and oxygen atoms in total. The molecule has 3 atom stereocenters. The Labute approximate surface area is 171 Å². The molecule has 0 bridgehead atoms. The van der Waals surface area contributed by atoms with Crippen LogP contribution in [0.3, 0.4) is 0 Å². The van der Waals surface area contributed by atoms with Crippen molar-refractivity contribution in [1.82, 2.24) is 0 Å². The van der Waals surface area contributed by atoms with E-state index in [2.05, 4.69) is 20.8 Å². The molecule has 1 saturated carbocycles. The number of hydrogen-bond donors (Lipinski definition) is 0. The van der Waals surface area contributed by atoms with E-state index in [-0.39, 0.29) is 34.9 Å². The SMILES string of the molecule is C[C@@H]1CC[C@@H](C(C)(C)c2ccc([N+](=O)[O-])cc2)[C@H](OC(=O)C2=CC(=O)CCC2)C1. The van der Waals surface area contributed by atoms with E-state index in [4.69, 9.17) is 4.74 Å². The highest BCUT2D eigenvalue weighted by molar-refractivity contribution is 6.00. The molecule has 156 valence electrons. The van der Waals surface area contributed by atoms with Gasteiger partial charge in [0.25, 0.3) is 5.69 Å². The molecule has 0 unspecified atom stereocenters. The second-order valence-electron chi connectivity index (χ2n) is 8.98. The summed E-state index contributed by atoms with van der Waals surface area (Å²) < 4.78 is 5.96. The summed E-state index contributed by atoms with van der Waals surface area (Å²) in [5, 5.41) is 11.0. The largest absolute Gasteiger partial charge is 0.459 e. The molecule has 3 rings (SSSR count). The maximum Gasteiger partial charge on any atom is 0.334 e. The van der Waals surface area contributed by atoms with Crippen LogP contribution in [0.2, 0.25) is 0 Å². The van der Waals surface area contributed by atoms with Crippen molar-refractivity contribution < 1.29 is 19.2 Å². The van der Waals surface area contributed by atoms with Crippen LogP contribution in [0, 0.1) is 22.0 Å². The standard InChI is InChI=1S/C23H29NO5/c1-15-7-12-20(23(2,3)17-8-10-18(11-9-17)24(27)28)21(13-15)29-22(26)16-5-4-6-19(25)14-16/h8-11,14-15,20-21H,4-7,12-13H2,1-3H3/t15-,20-,21-/m1/s1. The molecule has 0 aromatic heterocycles. The van der Waals surface area contributed by atoms with Crippen LogP contribution in [0.1, 0.15) is 64.9 Å². The molecule has 0 radical (unpaired) electrons. The average Bonchev–Trinajstić information content (AvgIpc) is 2.68. The summed E-state index contributed by atoms with van der Waals surface area (Å²) in [4.78, 5) is 35.0. The van der Waals surface area contributed by atoms with E-state index in [1.165, 1.54) is 18.2 Å². The van der Waals surface area contributed by atoms with Gasteiger partial charge in [0.05, 0.1) is 4.92 Å². The minimum atomic E-state index is -0.400. The lowest BCUT2D eigenvalue weighted by Crippen LogP contribution is -2.43. The van der Waals surface area contributed by atoms with Gasteiger partial charge in [-0.05, 0) is 48.7 Å². The van der Waals surface area contributed by atoms with Gasteiger partial charge in [-0.3, -0.25) is 14.9 Å². The molecule has 2 aliphatic rings. The fourth-order valence-corrected chi connectivity index (χ4v) is 4.68. The van der Waals surface area contributed by atoms with Gasteiger partial charge < -0.3 is 4.74 Å². The highest BCUT2D eigenvalue weighted by Crippen LogP contribution is 2.44. The van der Waals surface area contributed by atoms with Gasteiger partial charge in [0.15, 0.2) is 5.78 Å². The highest BCUT2D eigenvalue weighted by Gasteiger charge is 2.42. The molecule has 1 aromatic rings. The van der Waals surface area contributed by atoms with Gasteiger partial charge >= 0.3 is 5.97 Å². The molecule has 1 aromatic carbocycles. The third-order valence-corrected chi connectivity index (χ3v) is 6.53. The Balaban J connectivity index is 1.82. The van der Waals surface area contributed by atoms with Gasteiger partial charge in [-0.1, -0.05) is 39.3 Å². The van der Waals surface area contributed by atoms with Crippen molar-refractivity contribution in [2.24, 2.45) is 11.8 Å². The summed E-state index contributed by atoms with van der Waals surface area (Å²) in [7, 11) is 0. The summed E-state index contributed by atoms with van der Waals surface area (Å²) in [6, 6.07) is 6.67. The Morgan fingerprint density at radius 3 is 2.48 bits per heavy atom. The number of nitro benzene ring substituents is 1. The highest BCUT2D eigenvalue weighted by atomic mass is 16.6. The van der Waals surface area contributed by atoms with Crippen LogP contribution in [0.15, 0.2) is 35.9 Å². The first-order valence-electron chi connectivity index (χ1n) is 10.4. The minimum absolute atomic E-state index is 0.0111. The van der Waals surface area contributed by atoms with Crippen LogP contribution in [0.25, 0.3) is 0 Å². The van der Waals surface area contributed by atoms with E-state index in [1.54, 1.807) is 12.1 Å². The summed E-state index contributed by atoms with van der Waals surface area (Å²) in [6.45, 7) is 6.39. The van der Waals surface area contributed by atoms with Crippen molar-refractivity contribution in [3.8, 4) is 0 Å². The Morgan fingerprint density at radius 2 is 1.86 bits per heavy atom. The van der Waals surface area contributed by atoms with Crippen molar-refractivity contribution in [2.75, 3.05) is 0 Å². The number of non-ortho nitro benzene ring substituents is 1. The summed E-state index contributed by atoms with van der Waals surface area (Å²) >= 11 is 0. The van der Waals surface area contributed by atoms with Crippen LogP contribution in [-0.2, 0) is 19.7 Å². The van der Waals surface area contributed by atoms with Crippen LogP contribution in [0.5, 0.6) is 0 Å². The average molecular weight is 399 g/mol. The van der Waals surface area contributed by atoms with E-state index in [1.807, 2.05) is 0 Å². The second-order valence-corrected chi connectivity index (χ2v) is 8.98. The molecular formula is C23H29NO5. The normalized spacial score (nSPS) is 25.3. The lowest BCUT2D eigenvalue weighted by Gasteiger charge is -2.44. The third-order valence-electron chi connectivity index (χ3n) is 6.53. The molecule has 0 spiro atoms. The third kappa shape index (κ3) is 4.74. The smallest absolute Gasteiger partial charge is 0.334 e. The molecule has 0 heterocycles. The molecular weight excluding hydrogens is 370 g/mol. The van der Waals surface area contributed by atoms with Crippen molar-refractivity contribution in [2.45, 2.75) is 70.8 Å². The molecule has 1 fully saturated rings. The minimum Gasteiger partial charge on any atom is -0.459 e. The summed E-state index contributed by atoms with van der Waals surface area (Å²) in [6.07, 6.45) is 5.73. The Bertz CT molecular complexity index is 824. The van der Waals surface area contributed by atoms with Crippen molar-refractivity contribution >= 4 is 17.4 Å². The van der Waals surface area contributed by atoms with E-state index >= 15 is 0 Å². The molecule has 6 heteroatoms. The van der Waals surface area contributed by atoms with Gasteiger partial charge in [-0.2, -0.15) is 0 Å². The Kier molecular flexibility index (Phi) is 6.20. The Hall–Kier alpha value is -2.50. The van der Waals surface area contributed by atoms with Gasteiger partial charge in [0.2, 0.25) is 0 Å². The number of carbonyl (C=O) groups is 2. The van der Waals surface area contributed by atoms with Crippen LogP contribution < -0.4 is 0 Å². The molecule has 29 heavy (non-hydrogen) atoms. The topological polar surface area (TPSA) is 86.5 Å². The van der Waals surface area contributed by atoms with Gasteiger partial charge in [-0.25, -0.2) is 4.79 Å². The fraction of sp³-hybridized carbons (Fsp3) is 0.565. The van der Waals surface area contributed by atoms with Crippen LogP contribution in [0.4, 0.5) is 5.69 Å². The van der Waals surface area contributed by atoms with Gasteiger partial charge in [0, 0.05) is 30.0 Å². The predicted molar refractivity (Wildman–Crippen MR) is 109 cm³/mol. The van der Waals surface area contributed by atoms with Crippen LogP contribution in [-0.4, -0.2) is 22.8 Å². The Morgan fingerprint density at radius 1 is 1.17 bits per heavy atom. The number of ketones is 1. The first-order valence-corrected chi connectivity index (χ1v) is 10.4. The second kappa shape index (κ2) is 8.47. The van der Waals surface area contributed by atoms with E-state index in [0.29, 0.717) is 30.8 Å². The lowest BCUT2D eigenvalue weighted by atomic mass is 9.64. The number of allylic oxidation sites excluding steroid dienone is 1. The first-order chi connectivity index (χ1) is 13.7. The molecule has 0 N–H and O–H groups in total. The molecule has 2 aliphatic carbocycles. The molecule has 0 amide bonds. The molecule has 0 saturated heterocycles. The number of esters is 1. The predicted octanol–water partition coefficient (Wildman–Crippen LogP) is 4.90. The zero-order chi connectivity index (χ0) is 21.2. The number of nitro groups is 1. The number of rotatable bonds is 5. The number of ether oxygens (including phenoxy) is 1. The van der Waals surface area contributed by atoms with Crippen molar-refractivity contribution in [1.29, 1.82) is 0 Å². The van der Waals surface area contributed by atoms with Crippen LogP contribution >= 0.6 is 0 Å². The van der Waals surface area contributed by atoms with Gasteiger partial charge in [0.1, 0.15) is 6.10 Å². The lowest BCUT2D eigenvalue weighted by molar-refractivity contribution is -0.384. The summed E-state index contributed by atoms with van der Waals surface area (Å²) in [5.74, 6) is 0.173. The number of benzene rings is 1. The van der Waals surface area contributed by atoms with Crippen molar-refractivity contribution in [3.63, 3.8) is 0 Å². The van der Waals surface area contributed by atoms with E-state index in [9.17, 15) is 19.7 Å². The number of nitrogens with zero attached hydrogens (tertiary/aromatic N) is 1. The maximum absolute atomic E-state index is 12.7. The van der Waals surface area contributed by atoms with Gasteiger partial charge in [-0.15, -0.1) is 0 Å². The first kappa shape index (κ1) is 21.2. The van der Waals surface area contributed by atoms with E-state index in [0.717, 1.165) is 24.8 Å². The number of carbonyl (C=O) groups excluding carboxylic acids is 2.